The molecular formula is C35H48O10. The summed E-state index contributed by atoms with van der Waals surface area (Å²) in [7, 11) is 0. The molecule has 0 spiro atoms. The number of allylic oxidation sites excluding steroid dienone is 2. The number of hydrogen-bond acceptors (Lipinski definition) is 10. The van der Waals surface area contributed by atoms with E-state index in [9.17, 15) is 19.5 Å². The van der Waals surface area contributed by atoms with Crippen molar-refractivity contribution in [3.8, 4) is 0 Å². The van der Waals surface area contributed by atoms with Crippen molar-refractivity contribution in [3.63, 3.8) is 0 Å². The zero-order valence-corrected chi connectivity index (χ0v) is 27.7. The molecule has 10 nitrogen and oxygen atoms in total. The van der Waals surface area contributed by atoms with Crippen molar-refractivity contribution < 1.29 is 47.9 Å². The van der Waals surface area contributed by atoms with E-state index in [1.807, 2.05) is 19.9 Å². The quantitative estimate of drug-likeness (QED) is 0.198. The van der Waals surface area contributed by atoms with Gasteiger partial charge in [-0.3, -0.25) is 4.79 Å². The maximum Gasteiger partial charge on any atom is 0.334 e. The van der Waals surface area contributed by atoms with Crippen LogP contribution in [0.1, 0.15) is 74.7 Å². The molecule has 248 valence electrons. The zero-order valence-electron chi connectivity index (χ0n) is 27.7. The Labute approximate surface area is 265 Å². The predicted molar refractivity (Wildman–Crippen MR) is 161 cm³/mol. The molecule has 6 aliphatic rings. The van der Waals surface area contributed by atoms with Crippen LogP contribution in [0, 0.1) is 34.0 Å². The second-order valence-corrected chi connectivity index (χ2v) is 14.5. The van der Waals surface area contributed by atoms with Crippen LogP contribution in [0.4, 0.5) is 0 Å². The van der Waals surface area contributed by atoms with Crippen LogP contribution in [0.2, 0.25) is 0 Å². The lowest BCUT2D eigenvalue weighted by atomic mass is 9.39. The van der Waals surface area contributed by atoms with Crippen LogP contribution in [0.15, 0.2) is 34.4 Å². The molecule has 0 bridgehead atoms. The summed E-state index contributed by atoms with van der Waals surface area (Å²) in [6, 6.07) is 0. The standard InChI is InChI=1S/C35H48O10/c1-9-17(3)31(38)45-30-28-29-33(6,16-42-28)25(43-19(5)36)15-24(37)34(29,7)23-14-26(40-10-2)44-22-13-21(20-11-12-41-32(20)39)18(4)27(22)35(23,30)8/h9,11,21-26,28-30,37H,10,12-16H2,1-8H3/t21-,22+,23-,24+,25-,26-,28-,29+,30-,33-,34+,35-/m0/s1. The van der Waals surface area contributed by atoms with E-state index < -0.39 is 65.0 Å². The summed E-state index contributed by atoms with van der Waals surface area (Å²) < 4.78 is 37.5. The summed E-state index contributed by atoms with van der Waals surface area (Å²) in [4.78, 5) is 38.7. The van der Waals surface area contributed by atoms with E-state index in [2.05, 4.69) is 20.8 Å². The summed E-state index contributed by atoms with van der Waals surface area (Å²) in [6.07, 6.45) is 1.04. The molecule has 0 aromatic heterocycles. The van der Waals surface area contributed by atoms with Crippen molar-refractivity contribution in [3.05, 3.63) is 34.4 Å². The normalized spacial score (nSPS) is 45.6. The molecule has 3 heterocycles. The third-order valence-electron chi connectivity index (χ3n) is 12.4. The Morgan fingerprint density at radius 1 is 1.13 bits per heavy atom. The van der Waals surface area contributed by atoms with Gasteiger partial charge in [0, 0.05) is 65.6 Å². The lowest BCUT2D eigenvalue weighted by Crippen LogP contribution is -2.72. The van der Waals surface area contributed by atoms with E-state index in [1.165, 1.54) is 6.92 Å². The van der Waals surface area contributed by atoms with Gasteiger partial charge in [0.25, 0.3) is 0 Å². The number of carbonyl (C=O) groups is 3. The Kier molecular flexibility index (Phi) is 8.15. The Morgan fingerprint density at radius 2 is 1.87 bits per heavy atom. The van der Waals surface area contributed by atoms with Gasteiger partial charge >= 0.3 is 17.9 Å². The van der Waals surface area contributed by atoms with Crippen LogP contribution in [0.25, 0.3) is 0 Å². The second-order valence-electron chi connectivity index (χ2n) is 14.5. The molecule has 2 saturated heterocycles. The summed E-state index contributed by atoms with van der Waals surface area (Å²) in [6.45, 7) is 16.2. The molecule has 12 atom stereocenters. The fourth-order valence-electron chi connectivity index (χ4n) is 10.4. The lowest BCUT2D eigenvalue weighted by Gasteiger charge is -2.66. The summed E-state index contributed by atoms with van der Waals surface area (Å²) in [5.74, 6) is -2.00. The van der Waals surface area contributed by atoms with Gasteiger partial charge in [-0.1, -0.05) is 32.4 Å². The third kappa shape index (κ3) is 4.60. The SMILES string of the molecule is CC=C(C)C(=O)O[C@H]1[C@H]2OC[C@@]3(C)[C@@H](OC(C)=O)C[C@@H](O)[C@](C)([C@H]23)[C@@H]2C[C@@H](OCC)O[C@@H]3C[C@H](C4=CCOC4=O)C(C)=C3[C@]21C. The zero-order chi connectivity index (χ0) is 32.6. The Hall–Kier alpha value is -2.53. The van der Waals surface area contributed by atoms with Gasteiger partial charge in [0.05, 0.1) is 24.9 Å². The summed E-state index contributed by atoms with van der Waals surface area (Å²) >= 11 is 0. The number of fused-ring (bicyclic) bond motifs is 4. The molecule has 0 unspecified atom stereocenters. The number of aliphatic hydroxyl groups is 1. The van der Waals surface area contributed by atoms with Crippen LogP contribution < -0.4 is 0 Å². The first kappa shape index (κ1) is 32.4. The average molecular weight is 629 g/mol. The van der Waals surface area contributed by atoms with Crippen molar-refractivity contribution >= 4 is 17.9 Å². The Bertz CT molecular complexity index is 1360. The van der Waals surface area contributed by atoms with E-state index in [0.717, 1.165) is 11.1 Å². The van der Waals surface area contributed by atoms with Crippen LogP contribution in [0.3, 0.4) is 0 Å². The third-order valence-corrected chi connectivity index (χ3v) is 12.4. The van der Waals surface area contributed by atoms with Gasteiger partial charge in [-0.05, 0) is 51.7 Å². The molecule has 3 aliphatic carbocycles. The van der Waals surface area contributed by atoms with Gasteiger partial charge in [-0.2, -0.15) is 0 Å². The fourth-order valence-corrected chi connectivity index (χ4v) is 10.4. The van der Waals surface area contributed by atoms with Crippen molar-refractivity contribution in [1.29, 1.82) is 0 Å². The van der Waals surface area contributed by atoms with Gasteiger partial charge in [0.1, 0.15) is 18.8 Å². The monoisotopic (exact) mass is 628 g/mol. The largest absolute Gasteiger partial charge is 0.462 e. The average Bonchev–Trinajstić information content (AvgIpc) is 3.64. The van der Waals surface area contributed by atoms with Crippen molar-refractivity contribution in [1.82, 2.24) is 0 Å². The summed E-state index contributed by atoms with van der Waals surface area (Å²) in [5.41, 5.74) is 0.803. The molecule has 4 fully saturated rings. The molecule has 0 aromatic carbocycles. The highest BCUT2D eigenvalue weighted by Gasteiger charge is 2.77. The van der Waals surface area contributed by atoms with E-state index >= 15 is 0 Å². The fraction of sp³-hybridized carbons (Fsp3) is 0.743. The van der Waals surface area contributed by atoms with E-state index in [1.54, 1.807) is 19.9 Å². The minimum Gasteiger partial charge on any atom is -0.462 e. The molecule has 10 heteroatoms. The number of esters is 3. The maximum absolute atomic E-state index is 13.7. The van der Waals surface area contributed by atoms with E-state index in [0.29, 0.717) is 30.6 Å². The van der Waals surface area contributed by atoms with Crippen molar-refractivity contribution in [2.24, 2.45) is 34.0 Å². The Morgan fingerprint density at radius 3 is 2.49 bits per heavy atom. The first-order chi connectivity index (χ1) is 21.2. The second kappa shape index (κ2) is 11.3. The molecule has 2 saturated carbocycles. The van der Waals surface area contributed by atoms with Crippen LogP contribution in [-0.2, 0) is 42.8 Å². The maximum atomic E-state index is 13.7. The number of ether oxygens (including phenoxy) is 6. The number of carbonyl (C=O) groups excluding carboxylic acids is 3. The topological polar surface area (TPSA) is 127 Å². The van der Waals surface area contributed by atoms with E-state index in [4.69, 9.17) is 28.4 Å². The van der Waals surface area contributed by atoms with Gasteiger partial charge in [-0.25, -0.2) is 9.59 Å². The van der Waals surface area contributed by atoms with Gasteiger partial charge < -0.3 is 33.5 Å². The number of aliphatic hydroxyl groups excluding tert-OH is 1. The number of rotatable bonds is 6. The van der Waals surface area contributed by atoms with Crippen LogP contribution in [-0.4, -0.2) is 79.6 Å². The first-order valence-electron chi connectivity index (χ1n) is 16.4. The highest BCUT2D eigenvalue weighted by atomic mass is 16.7. The van der Waals surface area contributed by atoms with E-state index in [-0.39, 0.29) is 43.4 Å². The Balaban J connectivity index is 1.58. The molecule has 0 amide bonds. The van der Waals surface area contributed by atoms with Crippen LogP contribution in [0.5, 0.6) is 0 Å². The highest BCUT2D eigenvalue weighted by Crippen LogP contribution is 2.72. The molecule has 0 radical (unpaired) electrons. The number of cyclic esters (lactones) is 1. The molecule has 3 aliphatic heterocycles. The molecule has 45 heavy (non-hydrogen) atoms. The highest BCUT2D eigenvalue weighted by molar-refractivity contribution is 5.92. The van der Waals surface area contributed by atoms with Gasteiger partial charge in [0.2, 0.25) is 0 Å². The summed E-state index contributed by atoms with van der Waals surface area (Å²) in [5, 5.41) is 12.2. The molecule has 6 rings (SSSR count). The smallest absolute Gasteiger partial charge is 0.334 e. The van der Waals surface area contributed by atoms with Gasteiger partial charge in [-0.15, -0.1) is 0 Å². The first-order valence-corrected chi connectivity index (χ1v) is 16.4. The minimum atomic E-state index is -0.863. The van der Waals surface area contributed by atoms with Crippen LogP contribution >= 0.6 is 0 Å². The predicted octanol–water partition coefficient (Wildman–Crippen LogP) is 4.20. The minimum absolute atomic E-state index is 0.226. The van der Waals surface area contributed by atoms with Crippen molar-refractivity contribution in [2.75, 3.05) is 19.8 Å². The number of hydrogen-bond donors (Lipinski definition) is 1. The van der Waals surface area contributed by atoms with Crippen molar-refractivity contribution in [2.45, 2.75) is 111 Å². The molecule has 1 N–H and O–H groups in total. The lowest BCUT2D eigenvalue weighted by molar-refractivity contribution is -0.259. The molecular weight excluding hydrogens is 580 g/mol. The van der Waals surface area contributed by atoms with Gasteiger partial charge in [0.15, 0.2) is 6.29 Å². The molecule has 0 aromatic rings.